The first-order valence-corrected chi connectivity index (χ1v) is 8.36. The Kier molecular flexibility index (Phi) is 6.74. The van der Waals surface area contributed by atoms with Gasteiger partial charge in [-0.05, 0) is 35.7 Å². The van der Waals surface area contributed by atoms with Crippen molar-refractivity contribution < 1.29 is 23.1 Å². The van der Waals surface area contributed by atoms with Crippen molar-refractivity contribution in [3.05, 3.63) is 65.5 Å². The molecule has 0 saturated heterocycles. The molecule has 26 heavy (non-hydrogen) atoms. The number of nitrogens with zero attached hydrogens (tertiary/aromatic N) is 2. The van der Waals surface area contributed by atoms with Crippen LogP contribution in [0.3, 0.4) is 0 Å². The lowest BCUT2D eigenvalue weighted by Gasteiger charge is -2.25. The van der Waals surface area contributed by atoms with E-state index in [-0.39, 0.29) is 12.1 Å². The molecule has 0 aliphatic heterocycles. The van der Waals surface area contributed by atoms with Crippen molar-refractivity contribution in [3.8, 4) is 0 Å². The van der Waals surface area contributed by atoms with Gasteiger partial charge in [-0.25, -0.2) is 0 Å². The quantitative estimate of drug-likeness (QED) is 0.807. The van der Waals surface area contributed by atoms with Gasteiger partial charge in [-0.2, -0.15) is 13.2 Å². The van der Waals surface area contributed by atoms with E-state index in [4.69, 9.17) is 0 Å². The molecule has 0 bridgehead atoms. The highest BCUT2D eigenvalue weighted by molar-refractivity contribution is 5.82. The normalized spacial score (nSPS) is 12.7. The molecule has 0 fully saturated rings. The van der Waals surface area contributed by atoms with E-state index in [1.54, 1.807) is 18.5 Å². The second kappa shape index (κ2) is 8.80. The number of amides is 1. The second-order valence-electron chi connectivity index (χ2n) is 6.00. The zero-order valence-corrected chi connectivity index (χ0v) is 14.4. The smallest absolute Gasteiger partial charge is 0.378 e. The van der Waals surface area contributed by atoms with Crippen LogP contribution in [0.15, 0.2) is 48.8 Å². The first-order chi connectivity index (χ1) is 12.3. The van der Waals surface area contributed by atoms with Crippen LogP contribution in [0, 0.1) is 0 Å². The molecular formula is C19H21F3N2O2. The highest BCUT2D eigenvalue weighted by atomic mass is 19.4. The maximum Gasteiger partial charge on any atom is 0.416 e. The molecule has 1 unspecified atom stereocenters. The van der Waals surface area contributed by atoms with E-state index in [0.717, 1.165) is 42.7 Å². The summed E-state index contributed by atoms with van der Waals surface area (Å²) in [5.41, 5.74) is 0.131. The number of benzene rings is 1. The van der Waals surface area contributed by atoms with E-state index in [1.165, 1.54) is 4.90 Å². The van der Waals surface area contributed by atoms with E-state index in [1.807, 2.05) is 13.0 Å². The highest BCUT2D eigenvalue weighted by Gasteiger charge is 2.31. The molecular weight excluding hydrogens is 345 g/mol. The Morgan fingerprint density at radius 2 is 1.92 bits per heavy atom. The van der Waals surface area contributed by atoms with Gasteiger partial charge in [0.25, 0.3) is 5.91 Å². The van der Waals surface area contributed by atoms with Gasteiger partial charge in [0.2, 0.25) is 0 Å². The average Bonchev–Trinajstić information content (AvgIpc) is 2.64. The number of aliphatic hydroxyl groups excluding tert-OH is 1. The van der Waals surface area contributed by atoms with Crippen LogP contribution in [0.25, 0.3) is 0 Å². The number of halogens is 3. The summed E-state index contributed by atoms with van der Waals surface area (Å²) in [6, 6.07) is 7.57. The van der Waals surface area contributed by atoms with Crippen molar-refractivity contribution in [2.24, 2.45) is 0 Å². The summed E-state index contributed by atoms with van der Waals surface area (Å²) in [5, 5.41) is 10.3. The fourth-order valence-electron chi connectivity index (χ4n) is 2.50. The van der Waals surface area contributed by atoms with Gasteiger partial charge >= 0.3 is 6.18 Å². The standard InChI is InChI=1S/C19H21F3N2O2/c1-2-3-11-24(13-14-5-4-10-23-12-14)18(26)17(25)15-6-8-16(9-7-15)19(20,21)22/h4-10,12,17,25H,2-3,11,13H2,1H3. The Labute approximate surface area is 150 Å². The Morgan fingerprint density at radius 1 is 1.23 bits per heavy atom. The predicted octanol–water partition coefficient (Wildman–Crippen LogP) is 3.96. The third-order valence-corrected chi connectivity index (χ3v) is 3.98. The third kappa shape index (κ3) is 5.29. The van der Waals surface area contributed by atoms with Crippen LogP contribution in [0.1, 0.15) is 42.6 Å². The molecule has 0 saturated carbocycles. The molecule has 1 aromatic heterocycles. The Balaban J connectivity index is 2.15. The molecule has 1 amide bonds. The molecule has 0 aliphatic rings. The number of hydrogen-bond acceptors (Lipinski definition) is 3. The van der Waals surface area contributed by atoms with E-state index < -0.39 is 23.8 Å². The lowest BCUT2D eigenvalue weighted by Crippen LogP contribution is -2.35. The average molecular weight is 366 g/mol. The third-order valence-electron chi connectivity index (χ3n) is 3.98. The van der Waals surface area contributed by atoms with Gasteiger partial charge in [0.05, 0.1) is 5.56 Å². The summed E-state index contributed by atoms with van der Waals surface area (Å²) in [7, 11) is 0. The summed E-state index contributed by atoms with van der Waals surface area (Å²) in [5.74, 6) is -0.540. The summed E-state index contributed by atoms with van der Waals surface area (Å²) < 4.78 is 37.9. The molecule has 0 spiro atoms. The molecule has 1 atom stereocenters. The number of aromatic nitrogens is 1. The van der Waals surface area contributed by atoms with Crippen LogP contribution in [-0.4, -0.2) is 27.4 Å². The lowest BCUT2D eigenvalue weighted by atomic mass is 10.1. The minimum absolute atomic E-state index is 0.135. The minimum atomic E-state index is -4.46. The van der Waals surface area contributed by atoms with Gasteiger partial charge in [-0.1, -0.05) is 31.5 Å². The van der Waals surface area contributed by atoms with Crippen molar-refractivity contribution in [1.82, 2.24) is 9.88 Å². The lowest BCUT2D eigenvalue weighted by molar-refractivity contribution is -0.141. The molecule has 1 heterocycles. The van der Waals surface area contributed by atoms with Gasteiger partial charge in [0, 0.05) is 25.5 Å². The van der Waals surface area contributed by atoms with E-state index in [0.29, 0.717) is 6.54 Å². The van der Waals surface area contributed by atoms with Crippen LogP contribution in [0.4, 0.5) is 13.2 Å². The number of carbonyl (C=O) groups is 1. The molecule has 140 valence electrons. The highest BCUT2D eigenvalue weighted by Crippen LogP contribution is 2.30. The molecule has 7 heteroatoms. The Hall–Kier alpha value is -2.41. The fourth-order valence-corrected chi connectivity index (χ4v) is 2.50. The Bertz CT molecular complexity index is 703. The van der Waals surface area contributed by atoms with Gasteiger partial charge in [0.1, 0.15) is 0 Å². The summed E-state index contributed by atoms with van der Waals surface area (Å²) in [6.07, 6.45) is -1.08. The van der Waals surface area contributed by atoms with Crippen LogP contribution in [-0.2, 0) is 17.5 Å². The summed E-state index contributed by atoms with van der Waals surface area (Å²) in [6.45, 7) is 2.71. The monoisotopic (exact) mass is 366 g/mol. The van der Waals surface area contributed by atoms with Crippen molar-refractivity contribution in [2.45, 2.75) is 38.6 Å². The molecule has 0 radical (unpaired) electrons. The Morgan fingerprint density at radius 3 is 2.46 bits per heavy atom. The van der Waals surface area contributed by atoms with Crippen LogP contribution < -0.4 is 0 Å². The zero-order valence-electron chi connectivity index (χ0n) is 14.4. The van der Waals surface area contributed by atoms with E-state index >= 15 is 0 Å². The number of carbonyl (C=O) groups excluding carboxylic acids is 1. The molecule has 1 aromatic carbocycles. The molecule has 2 rings (SSSR count). The van der Waals surface area contributed by atoms with Crippen molar-refractivity contribution in [1.29, 1.82) is 0 Å². The second-order valence-corrected chi connectivity index (χ2v) is 6.00. The van der Waals surface area contributed by atoms with Crippen molar-refractivity contribution in [3.63, 3.8) is 0 Å². The van der Waals surface area contributed by atoms with Crippen LogP contribution in [0.2, 0.25) is 0 Å². The van der Waals surface area contributed by atoms with Gasteiger partial charge in [-0.15, -0.1) is 0 Å². The molecule has 4 nitrogen and oxygen atoms in total. The number of unbranched alkanes of at least 4 members (excludes halogenated alkanes) is 1. The largest absolute Gasteiger partial charge is 0.416 e. The first kappa shape index (κ1) is 19.9. The number of rotatable bonds is 7. The van der Waals surface area contributed by atoms with E-state index in [9.17, 15) is 23.1 Å². The number of alkyl halides is 3. The minimum Gasteiger partial charge on any atom is -0.378 e. The first-order valence-electron chi connectivity index (χ1n) is 8.36. The number of hydrogen-bond donors (Lipinski definition) is 1. The summed E-state index contributed by atoms with van der Waals surface area (Å²) in [4.78, 5) is 18.2. The van der Waals surface area contributed by atoms with Crippen molar-refractivity contribution in [2.75, 3.05) is 6.54 Å². The van der Waals surface area contributed by atoms with Gasteiger partial charge in [-0.3, -0.25) is 9.78 Å². The predicted molar refractivity (Wildman–Crippen MR) is 91.0 cm³/mol. The van der Waals surface area contributed by atoms with Crippen LogP contribution in [0.5, 0.6) is 0 Å². The topological polar surface area (TPSA) is 53.4 Å². The van der Waals surface area contributed by atoms with Gasteiger partial charge < -0.3 is 10.0 Å². The van der Waals surface area contributed by atoms with Crippen LogP contribution >= 0.6 is 0 Å². The maximum atomic E-state index is 12.7. The van der Waals surface area contributed by atoms with Gasteiger partial charge in [0.15, 0.2) is 6.10 Å². The SMILES string of the molecule is CCCCN(Cc1cccnc1)C(=O)C(O)c1ccc(C(F)(F)F)cc1. The zero-order chi connectivity index (χ0) is 19.2. The maximum absolute atomic E-state index is 12.7. The fraction of sp³-hybridized carbons (Fsp3) is 0.368. The van der Waals surface area contributed by atoms with E-state index in [2.05, 4.69) is 4.98 Å². The van der Waals surface area contributed by atoms with Crippen molar-refractivity contribution >= 4 is 5.91 Å². The number of pyridine rings is 1. The number of aliphatic hydroxyl groups is 1. The molecule has 1 N–H and O–H groups in total. The summed E-state index contributed by atoms with van der Waals surface area (Å²) >= 11 is 0. The molecule has 2 aromatic rings. The molecule has 0 aliphatic carbocycles.